The van der Waals surface area contributed by atoms with Crippen molar-refractivity contribution in [2.75, 3.05) is 19.5 Å². The van der Waals surface area contributed by atoms with Gasteiger partial charge in [0, 0.05) is 0 Å². The van der Waals surface area contributed by atoms with Gasteiger partial charge in [0.05, 0.1) is 12.9 Å². The fraction of sp³-hybridized carbons (Fsp3) is 0.500. The van der Waals surface area contributed by atoms with Gasteiger partial charge in [0.15, 0.2) is 26.6 Å². The molecule has 0 spiro atoms. The summed E-state index contributed by atoms with van der Waals surface area (Å²) in [6.45, 7) is 3.01. The summed E-state index contributed by atoms with van der Waals surface area (Å²) in [5.41, 5.74) is 0. The molecule has 1 N–H and O–H groups in total. The molecule has 0 saturated heterocycles. The monoisotopic (exact) mass is 316 g/mol. The molecule has 0 aromatic heterocycles. The SMILES string of the molecule is COc1ccccc1OCCS(=O)(=O)C(C(=O)O)C(C)C. The highest BCUT2D eigenvalue weighted by Crippen LogP contribution is 2.25. The molecule has 0 heterocycles. The lowest BCUT2D eigenvalue weighted by atomic mass is 10.1. The molecule has 118 valence electrons. The number of hydrogen-bond acceptors (Lipinski definition) is 5. The molecule has 1 aromatic rings. The van der Waals surface area contributed by atoms with Crippen molar-refractivity contribution in [3.05, 3.63) is 24.3 Å². The summed E-state index contributed by atoms with van der Waals surface area (Å²) in [4.78, 5) is 11.1. The van der Waals surface area contributed by atoms with Crippen LogP contribution in [0.2, 0.25) is 0 Å². The van der Waals surface area contributed by atoms with Crippen molar-refractivity contribution in [2.24, 2.45) is 5.92 Å². The Morgan fingerprint density at radius 2 is 1.81 bits per heavy atom. The van der Waals surface area contributed by atoms with Crippen LogP contribution in [-0.2, 0) is 14.6 Å². The van der Waals surface area contributed by atoms with Gasteiger partial charge in [0.2, 0.25) is 0 Å². The predicted octanol–water partition coefficient (Wildman–Crippen LogP) is 1.60. The van der Waals surface area contributed by atoms with E-state index in [1.807, 2.05) is 0 Å². The van der Waals surface area contributed by atoms with E-state index in [0.29, 0.717) is 11.5 Å². The molecular formula is C14H20O6S. The van der Waals surface area contributed by atoms with Gasteiger partial charge >= 0.3 is 5.97 Å². The fourth-order valence-electron chi connectivity index (χ4n) is 1.99. The van der Waals surface area contributed by atoms with Crippen molar-refractivity contribution >= 4 is 15.8 Å². The zero-order chi connectivity index (χ0) is 16.0. The summed E-state index contributed by atoms with van der Waals surface area (Å²) >= 11 is 0. The van der Waals surface area contributed by atoms with E-state index >= 15 is 0 Å². The first kappa shape index (κ1) is 17.3. The van der Waals surface area contributed by atoms with Gasteiger partial charge in [-0.1, -0.05) is 26.0 Å². The smallest absolute Gasteiger partial charge is 0.322 e. The third-order valence-electron chi connectivity index (χ3n) is 2.93. The molecule has 0 bridgehead atoms. The average molecular weight is 316 g/mol. The number of rotatable bonds is 8. The highest BCUT2D eigenvalue weighted by atomic mass is 32.2. The normalized spacial score (nSPS) is 13.0. The summed E-state index contributed by atoms with van der Waals surface area (Å²) in [5.74, 6) is -1.28. The molecule has 0 aliphatic carbocycles. The lowest BCUT2D eigenvalue weighted by molar-refractivity contribution is -0.137. The maximum Gasteiger partial charge on any atom is 0.322 e. The molecule has 21 heavy (non-hydrogen) atoms. The van der Waals surface area contributed by atoms with Gasteiger partial charge in [-0.25, -0.2) is 8.42 Å². The van der Waals surface area contributed by atoms with Gasteiger partial charge in [0.1, 0.15) is 6.61 Å². The Bertz CT molecular complexity index is 579. The van der Waals surface area contributed by atoms with E-state index in [1.54, 1.807) is 38.1 Å². The molecule has 1 unspecified atom stereocenters. The number of benzene rings is 1. The average Bonchev–Trinajstić information content (AvgIpc) is 2.37. The molecule has 1 rings (SSSR count). The maximum absolute atomic E-state index is 12.1. The van der Waals surface area contributed by atoms with Gasteiger partial charge in [-0.15, -0.1) is 0 Å². The second kappa shape index (κ2) is 7.31. The summed E-state index contributed by atoms with van der Waals surface area (Å²) < 4.78 is 34.6. The molecule has 0 saturated carbocycles. The molecule has 0 aliphatic rings. The first-order chi connectivity index (χ1) is 9.79. The summed E-state index contributed by atoms with van der Waals surface area (Å²) in [6, 6.07) is 6.85. The predicted molar refractivity (Wildman–Crippen MR) is 78.5 cm³/mol. The number of para-hydroxylation sites is 2. The van der Waals surface area contributed by atoms with Crippen LogP contribution >= 0.6 is 0 Å². The number of ether oxygens (including phenoxy) is 2. The molecular weight excluding hydrogens is 296 g/mol. The van der Waals surface area contributed by atoms with Crippen LogP contribution in [0.15, 0.2) is 24.3 Å². The molecule has 0 fully saturated rings. The van der Waals surface area contributed by atoms with Crippen LogP contribution in [0.1, 0.15) is 13.8 Å². The Morgan fingerprint density at radius 1 is 1.24 bits per heavy atom. The fourth-order valence-corrected chi connectivity index (χ4v) is 3.69. The molecule has 1 aromatic carbocycles. The van der Waals surface area contributed by atoms with Crippen molar-refractivity contribution in [2.45, 2.75) is 19.1 Å². The molecule has 6 nitrogen and oxygen atoms in total. The topological polar surface area (TPSA) is 89.9 Å². The van der Waals surface area contributed by atoms with E-state index in [1.165, 1.54) is 7.11 Å². The molecule has 0 aliphatic heterocycles. The zero-order valence-electron chi connectivity index (χ0n) is 12.3. The molecule has 0 radical (unpaired) electrons. The summed E-state index contributed by atoms with van der Waals surface area (Å²) in [6.07, 6.45) is 0. The standard InChI is InChI=1S/C14H20O6S/c1-10(2)13(14(15)16)21(17,18)9-8-20-12-7-5-4-6-11(12)19-3/h4-7,10,13H,8-9H2,1-3H3,(H,15,16). The minimum atomic E-state index is -3.78. The Kier molecular flexibility index (Phi) is 6.02. The third-order valence-corrected chi connectivity index (χ3v) is 5.19. The van der Waals surface area contributed by atoms with E-state index < -0.39 is 27.0 Å². The number of carboxylic acid groups (broad SMARTS) is 1. The number of methoxy groups -OCH3 is 1. The minimum Gasteiger partial charge on any atom is -0.493 e. The van der Waals surface area contributed by atoms with Crippen molar-refractivity contribution in [3.8, 4) is 11.5 Å². The van der Waals surface area contributed by atoms with Crippen molar-refractivity contribution in [1.82, 2.24) is 0 Å². The number of carboxylic acids is 1. The minimum absolute atomic E-state index is 0.126. The van der Waals surface area contributed by atoms with E-state index in [0.717, 1.165) is 0 Å². The van der Waals surface area contributed by atoms with E-state index in [2.05, 4.69) is 0 Å². The van der Waals surface area contributed by atoms with E-state index in [-0.39, 0.29) is 12.4 Å². The Labute approximate surface area is 124 Å². The summed E-state index contributed by atoms with van der Waals surface area (Å²) in [5, 5.41) is 7.62. The second-order valence-electron chi connectivity index (χ2n) is 4.87. The number of carbonyl (C=O) groups is 1. The summed E-state index contributed by atoms with van der Waals surface area (Å²) in [7, 11) is -2.29. The van der Waals surface area contributed by atoms with Crippen LogP contribution in [0.4, 0.5) is 0 Å². The molecule has 0 amide bonds. The Morgan fingerprint density at radius 3 is 2.29 bits per heavy atom. The van der Waals surface area contributed by atoms with Gasteiger partial charge in [-0.3, -0.25) is 4.79 Å². The lowest BCUT2D eigenvalue weighted by Gasteiger charge is -2.17. The van der Waals surface area contributed by atoms with Crippen LogP contribution in [0.5, 0.6) is 11.5 Å². The first-order valence-electron chi connectivity index (χ1n) is 6.49. The Balaban J connectivity index is 2.72. The van der Waals surface area contributed by atoms with Crippen molar-refractivity contribution < 1.29 is 27.8 Å². The van der Waals surface area contributed by atoms with Crippen LogP contribution in [-0.4, -0.2) is 44.2 Å². The first-order valence-corrected chi connectivity index (χ1v) is 8.21. The number of aliphatic carboxylic acids is 1. The van der Waals surface area contributed by atoms with E-state index in [9.17, 15) is 13.2 Å². The highest BCUT2D eigenvalue weighted by molar-refractivity contribution is 7.92. The largest absolute Gasteiger partial charge is 0.493 e. The Hall–Kier alpha value is -1.76. The van der Waals surface area contributed by atoms with Crippen molar-refractivity contribution in [3.63, 3.8) is 0 Å². The number of sulfone groups is 1. The van der Waals surface area contributed by atoms with Crippen LogP contribution in [0.3, 0.4) is 0 Å². The van der Waals surface area contributed by atoms with Crippen molar-refractivity contribution in [1.29, 1.82) is 0 Å². The second-order valence-corrected chi connectivity index (χ2v) is 7.11. The number of hydrogen-bond donors (Lipinski definition) is 1. The highest BCUT2D eigenvalue weighted by Gasteiger charge is 2.35. The quantitative estimate of drug-likeness (QED) is 0.783. The molecule has 7 heteroatoms. The van der Waals surface area contributed by atoms with Gasteiger partial charge in [0.25, 0.3) is 0 Å². The maximum atomic E-state index is 12.1. The van der Waals surface area contributed by atoms with Gasteiger partial charge in [-0.2, -0.15) is 0 Å². The van der Waals surface area contributed by atoms with Crippen LogP contribution < -0.4 is 9.47 Å². The molecule has 1 atom stereocenters. The zero-order valence-corrected chi connectivity index (χ0v) is 13.1. The van der Waals surface area contributed by atoms with Gasteiger partial charge < -0.3 is 14.6 Å². The van der Waals surface area contributed by atoms with Crippen LogP contribution in [0, 0.1) is 5.92 Å². The van der Waals surface area contributed by atoms with Gasteiger partial charge in [-0.05, 0) is 18.1 Å². The van der Waals surface area contributed by atoms with E-state index in [4.69, 9.17) is 14.6 Å². The lowest BCUT2D eigenvalue weighted by Crippen LogP contribution is -2.37. The third kappa shape index (κ3) is 4.63. The van der Waals surface area contributed by atoms with Crippen LogP contribution in [0.25, 0.3) is 0 Å².